The molecule has 0 unspecified atom stereocenters. The number of nitrogens with one attached hydrogen (secondary N) is 1. The lowest BCUT2D eigenvalue weighted by Crippen LogP contribution is -2.03. The molecule has 3 heteroatoms. The Morgan fingerprint density at radius 3 is 2.64 bits per heavy atom. The summed E-state index contributed by atoms with van der Waals surface area (Å²) in [4.78, 5) is 7.84. The van der Waals surface area contributed by atoms with Crippen LogP contribution in [0.15, 0.2) is 12.1 Å². The topological polar surface area (TPSA) is 54.7 Å². The number of aryl methyl sites for hydroxylation is 2. The summed E-state index contributed by atoms with van der Waals surface area (Å²) in [5.74, 6) is 0.986. The third kappa shape index (κ3) is 1.40. The number of aromatic amines is 1. The Kier molecular flexibility index (Phi) is 2.25. The lowest BCUT2D eigenvalue weighted by Gasteiger charge is -1.96. The summed E-state index contributed by atoms with van der Waals surface area (Å²) < 4.78 is 0. The van der Waals surface area contributed by atoms with E-state index in [0.29, 0.717) is 6.54 Å². The molecule has 0 spiro atoms. The number of fused-ring (bicyclic) bond motifs is 1. The van der Waals surface area contributed by atoms with Crippen molar-refractivity contribution in [1.29, 1.82) is 0 Å². The fourth-order valence-electron chi connectivity index (χ4n) is 1.66. The standard InChI is InChI=1S/C11H15N3/c1-7-3-4-8(2)11-10(7)13-9(14-11)5-6-12/h3-4H,5-6,12H2,1-2H3,(H,13,14). The van der Waals surface area contributed by atoms with Crippen molar-refractivity contribution < 1.29 is 0 Å². The predicted molar refractivity (Wildman–Crippen MR) is 58.3 cm³/mol. The lowest BCUT2D eigenvalue weighted by atomic mass is 10.1. The molecule has 0 radical (unpaired) electrons. The largest absolute Gasteiger partial charge is 0.342 e. The summed E-state index contributed by atoms with van der Waals surface area (Å²) in [7, 11) is 0. The van der Waals surface area contributed by atoms with Gasteiger partial charge in [-0.15, -0.1) is 0 Å². The summed E-state index contributed by atoms with van der Waals surface area (Å²) in [5.41, 5.74) is 10.2. The van der Waals surface area contributed by atoms with Crippen LogP contribution >= 0.6 is 0 Å². The van der Waals surface area contributed by atoms with Crippen molar-refractivity contribution >= 4 is 11.0 Å². The average Bonchev–Trinajstić information content (AvgIpc) is 2.57. The normalized spacial score (nSPS) is 11.1. The van der Waals surface area contributed by atoms with E-state index in [2.05, 4.69) is 35.9 Å². The van der Waals surface area contributed by atoms with Gasteiger partial charge < -0.3 is 10.7 Å². The van der Waals surface area contributed by atoms with Crippen molar-refractivity contribution in [3.05, 3.63) is 29.1 Å². The van der Waals surface area contributed by atoms with Crippen LogP contribution in [0, 0.1) is 13.8 Å². The molecular weight excluding hydrogens is 174 g/mol. The van der Waals surface area contributed by atoms with E-state index in [-0.39, 0.29) is 0 Å². The van der Waals surface area contributed by atoms with E-state index < -0.39 is 0 Å². The van der Waals surface area contributed by atoms with E-state index in [1.54, 1.807) is 0 Å². The maximum absolute atomic E-state index is 5.50. The Bertz CT molecular complexity index is 418. The van der Waals surface area contributed by atoms with E-state index in [1.807, 2.05) is 0 Å². The highest BCUT2D eigenvalue weighted by Gasteiger charge is 2.06. The third-order valence-electron chi connectivity index (χ3n) is 2.49. The van der Waals surface area contributed by atoms with Crippen molar-refractivity contribution in [2.24, 2.45) is 5.73 Å². The van der Waals surface area contributed by atoms with Gasteiger partial charge in [-0.1, -0.05) is 12.1 Å². The smallest absolute Gasteiger partial charge is 0.108 e. The maximum Gasteiger partial charge on any atom is 0.108 e. The molecular formula is C11H15N3. The van der Waals surface area contributed by atoms with E-state index >= 15 is 0 Å². The number of hydrogen-bond acceptors (Lipinski definition) is 2. The van der Waals surface area contributed by atoms with Gasteiger partial charge >= 0.3 is 0 Å². The minimum atomic E-state index is 0.637. The highest BCUT2D eigenvalue weighted by Crippen LogP contribution is 2.19. The van der Waals surface area contributed by atoms with Crippen LogP contribution in [-0.4, -0.2) is 16.5 Å². The second-order valence-electron chi connectivity index (χ2n) is 3.65. The molecule has 0 aliphatic heterocycles. The average molecular weight is 189 g/mol. The molecule has 0 atom stereocenters. The molecule has 0 amide bonds. The van der Waals surface area contributed by atoms with E-state index in [4.69, 9.17) is 5.73 Å². The minimum Gasteiger partial charge on any atom is -0.342 e. The molecule has 0 aliphatic rings. The zero-order chi connectivity index (χ0) is 10.1. The molecule has 0 saturated heterocycles. The molecule has 14 heavy (non-hydrogen) atoms. The van der Waals surface area contributed by atoms with Crippen LogP contribution in [0.3, 0.4) is 0 Å². The summed E-state index contributed by atoms with van der Waals surface area (Å²) in [6, 6.07) is 4.22. The Hall–Kier alpha value is -1.35. The van der Waals surface area contributed by atoms with Crippen LogP contribution < -0.4 is 5.73 Å². The van der Waals surface area contributed by atoms with Crippen LogP contribution in [0.5, 0.6) is 0 Å². The van der Waals surface area contributed by atoms with E-state index in [9.17, 15) is 0 Å². The van der Waals surface area contributed by atoms with Gasteiger partial charge in [0, 0.05) is 6.42 Å². The van der Waals surface area contributed by atoms with Crippen molar-refractivity contribution in [3.8, 4) is 0 Å². The van der Waals surface area contributed by atoms with Crippen LogP contribution in [0.25, 0.3) is 11.0 Å². The molecule has 0 fully saturated rings. The molecule has 3 nitrogen and oxygen atoms in total. The first-order valence-electron chi connectivity index (χ1n) is 4.87. The molecule has 2 rings (SSSR count). The maximum atomic E-state index is 5.50. The highest BCUT2D eigenvalue weighted by molar-refractivity contribution is 5.81. The van der Waals surface area contributed by atoms with Gasteiger partial charge in [-0.25, -0.2) is 4.98 Å². The SMILES string of the molecule is Cc1ccc(C)c2[nH]c(CCN)nc12. The van der Waals surface area contributed by atoms with Crippen molar-refractivity contribution in [2.75, 3.05) is 6.54 Å². The number of hydrogen-bond donors (Lipinski definition) is 2. The molecule has 1 aromatic heterocycles. The van der Waals surface area contributed by atoms with Crippen molar-refractivity contribution in [2.45, 2.75) is 20.3 Å². The fourth-order valence-corrected chi connectivity index (χ4v) is 1.66. The number of rotatable bonds is 2. The first-order valence-corrected chi connectivity index (χ1v) is 4.87. The summed E-state index contributed by atoms with van der Waals surface area (Å²) in [6.07, 6.45) is 0.813. The van der Waals surface area contributed by atoms with Crippen LogP contribution in [-0.2, 0) is 6.42 Å². The van der Waals surface area contributed by atoms with Gasteiger partial charge in [-0.2, -0.15) is 0 Å². The number of benzene rings is 1. The number of H-pyrrole nitrogens is 1. The second kappa shape index (κ2) is 3.42. The summed E-state index contributed by atoms with van der Waals surface area (Å²) in [5, 5.41) is 0. The Labute approximate surface area is 83.3 Å². The van der Waals surface area contributed by atoms with Gasteiger partial charge in [0.1, 0.15) is 5.82 Å². The molecule has 0 bridgehead atoms. The van der Waals surface area contributed by atoms with Gasteiger partial charge in [0.2, 0.25) is 0 Å². The van der Waals surface area contributed by atoms with Crippen LogP contribution in [0.4, 0.5) is 0 Å². The zero-order valence-electron chi connectivity index (χ0n) is 8.59. The number of nitrogens with two attached hydrogens (primary N) is 1. The molecule has 0 saturated carbocycles. The first kappa shape index (κ1) is 9.21. The Morgan fingerprint density at radius 1 is 1.29 bits per heavy atom. The zero-order valence-corrected chi connectivity index (χ0v) is 8.59. The number of aromatic nitrogens is 2. The van der Waals surface area contributed by atoms with Gasteiger partial charge in [0.15, 0.2) is 0 Å². The van der Waals surface area contributed by atoms with E-state index in [0.717, 1.165) is 23.3 Å². The quantitative estimate of drug-likeness (QED) is 0.755. The number of imidazole rings is 1. The molecule has 74 valence electrons. The van der Waals surface area contributed by atoms with Crippen molar-refractivity contribution in [1.82, 2.24) is 9.97 Å². The van der Waals surface area contributed by atoms with Crippen LogP contribution in [0.1, 0.15) is 17.0 Å². The van der Waals surface area contributed by atoms with Gasteiger partial charge in [0.25, 0.3) is 0 Å². The van der Waals surface area contributed by atoms with Crippen LogP contribution in [0.2, 0.25) is 0 Å². The highest BCUT2D eigenvalue weighted by atomic mass is 14.9. The first-order chi connectivity index (χ1) is 6.72. The molecule has 3 N–H and O–H groups in total. The molecule has 2 aromatic rings. The van der Waals surface area contributed by atoms with Gasteiger partial charge in [-0.3, -0.25) is 0 Å². The van der Waals surface area contributed by atoms with Gasteiger partial charge in [-0.05, 0) is 31.5 Å². The molecule has 1 aromatic carbocycles. The third-order valence-corrected chi connectivity index (χ3v) is 2.49. The minimum absolute atomic E-state index is 0.637. The predicted octanol–water partition coefficient (Wildman–Crippen LogP) is 1.68. The monoisotopic (exact) mass is 189 g/mol. The summed E-state index contributed by atoms with van der Waals surface area (Å²) >= 11 is 0. The summed E-state index contributed by atoms with van der Waals surface area (Å²) in [6.45, 7) is 4.80. The fraction of sp³-hybridized carbons (Fsp3) is 0.364. The second-order valence-corrected chi connectivity index (χ2v) is 3.65. The molecule has 0 aliphatic carbocycles. The number of nitrogens with zero attached hydrogens (tertiary/aromatic N) is 1. The van der Waals surface area contributed by atoms with Crippen molar-refractivity contribution in [3.63, 3.8) is 0 Å². The lowest BCUT2D eigenvalue weighted by molar-refractivity contribution is 0.899. The Morgan fingerprint density at radius 2 is 2.00 bits per heavy atom. The molecule has 1 heterocycles. The van der Waals surface area contributed by atoms with E-state index in [1.165, 1.54) is 11.1 Å². The Balaban J connectivity index is 2.63. The van der Waals surface area contributed by atoms with Gasteiger partial charge in [0.05, 0.1) is 11.0 Å².